The van der Waals surface area contributed by atoms with Gasteiger partial charge < -0.3 is 10.2 Å². The molecule has 7 heteroatoms. The van der Waals surface area contributed by atoms with Crippen molar-refractivity contribution in [1.29, 1.82) is 0 Å². The van der Waals surface area contributed by atoms with Crippen LogP contribution in [0.15, 0.2) is 42.5 Å². The Bertz CT molecular complexity index is 783. The number of hydrogen-bond acceptors (Lipinski definition) is 2. The molecule has 4 nitrogen and oxygen atoms in total. The molecule has 25 heavy (non-hydrogen) atoms. The van der Waals surface area contributed by atoms with Gasteiger partial charge in [0.05, 0.1) is 6.54 Å². The number of carbonyl (C=O) groups is 2. The quantitative estimate of drug-likeness (QED) is 0.848. The number of carbonyl (C=O) groups excluding carboxylic acids is 2. The van der Waals surface area contributed by atoms with Gasteiger partial charge in [0.1, 0.15) is 11.6 Å². The third kappa shape index (κ3) is 5.83. The van der Waals surface area contributed by atoms with Gasteiger partial charge >= 0.3 is 0 Å². The minimum atomic E-state index is -0.560. The lowest BCUT2D eigenvalue weighted by atomic mass is 10.1. The van der Waals surface area contributed by atoms with E-state index < -0.39 is 11.6 Å². The zero-order chi connectivity index (χ0) is 18.4. The van der Waals surface area contributed by atoms with Gasteiger partial charge in [-0.2, -0.15) is 0 Å². The highest BCUT2D eigenvalue weighted by Crippen LogP contribution is 2.15. The zero-order valence-electron chi connectivity index (χ0n) is 13.6. The van der Waals surface area contributed by atoms with E-state index in [-0.39, 0.29) is 36.8 Å². The summed E-state index contributed by atoms with van der Waals surface area (Å²) >= 11 is 5.83. The lowest BCUT2D eigenvalue weighted by molar-refractivity contribution is -0.133. The molecule has 0 unspecified atom stereocenters. The Morgan fingerprint density at radius 2 is 1.92 bits per heavy atom. The van der Waals surface area contributed by atoms with Gasteiger partial charge in [-0.15, -0.1) is 0 Å². The molecule has 0 radical (unpaired) electrons. The van der Waals surface area contributed by atoms with E-state index in [1.807, 2.05) is 0 Å². The molecule has 2 rings (SSSR count). The highest BCUT2D eigenvalue weighted by Gasteiger charge is 2.14. The third-order valence-electron chi connectivity index (χ3n) is 3.53. The van der Waals surface area contributed by atoms with Gasteiger partial charge in [-0.3, -0.25) is 9.59 Å². The van der Waals surface area contributed by atoms with E-state index in [2.05, 4.69) is 5.32 Å². The third-order valence-corrected chi connectivity index (χ3v) is 3.77. The minimum Gasteiger partial charge on any atom is -0.336 e. The van der Waals surface area contributed by atoms with Gasteiger partial charge in [-0.1, -0.05) is 17.7 Å². The maximum atomic E-state index is 13.5. The van der Waals surface area contributed by atoms with Crippen LogP contribution in [0.3, 0.4) is 0 Å². The topological polar surface area (TPSA) is 49.4 Å². The van der Waals surface area contributed by atoms with Gasteiger partial charge in [-0.05, 0) is 48.4 Å². The molecule has 1 N–H and O–H groups in total. The molecule has 0 aliphatic rings. The van der Waals surface area contributed by atoms with Crippen molar-refractivity contribution in [3.8, 4) is 0 Å². The summed E-state index contributed by atoms with van der Waals surface area (Å²) in [7, 11) is 1.47. The molecular formula is C18H17ClF2N2O2. The zero-order valence-corrected chi connectivity index (χ0v) is 14.3. The first kappa shape index (κ1) is 18.9. The Balaban J connectivity index is 1.85. The number of nitrogens with one attached hydrogen (secondary N) is 1. The predicted octanol–water partition coefficient (Wildman–Crippen LogP) is 3.65. The normalized spacial score (nSPS) is 10.4. The van der Waals surface area contributed by atoms with Crippen molar-refractivity contribution in [2.75, 3.05) is 18.9 Å². The second kappa shape index (κ2) is 8.58. The number of halogens is 3. The van der Waals surface area contributed by atoms with E-state index >= 15 is 0 Å². The lowest BCUT2D eigenvalue weighted by Crippen LogP contribution is -2.35. The van der Waals surface area contributed by atoms with Crippen LogP contribution < -0.4 is 5.32 Å². The molecule has 132 valence electrons. The van der Waals surface area contributed by atoms with E-state index in [9.17, 15) is 18.4 Å². The van der Waals surface area contributed by atoms with Crippen LogP contribution in [0, 0.1) is 11.6 Å². The summed E-state index contributed by atoms with van der Waals surface area (Å²) in [5, 5.41) is 3.12. The van der Waals surface area contributed by atoms with Crippen LogP contribution in [0.25, 0.3) is 0 Å². The fourth-order valence-electron chi connectivity index (χ4n) is 2.24. The average molecular weight is 367 g/mol. The number of likely N-dealkylation sites (N-methyl/N-ethyl adjacent to an activating group) is 1. The minimum absolute atomic E-state index is 0.0265. The summed E-state index contributed by atoms with van der Waals surface area (Å²) in [6, 6.07) is 9.75. The summed E-state index contributed by atoms with van der Waals surface area (Å²) in [6.07, 6.45) is 0.0317. The number of hydrogen-bond donors (Lipinski definition) is 1. The molecule has 0 aliphatic heterocycles. The molecular weight excluding hydrogens is 350 g/mol. The largest absolute Gasteiger partial charge is 0.336 e. The van der Waals surface area contributed by atoms with Crippen molar-refractivity contribution in [2.24, 2.45) is 0 Å². The van der Waals surface area contributed by atoms with Crippen LogP contribution in [0.1, 0.15) is 12.0 Å². The van der Waals surface area contributed by atoms with Crippen LogP contribution in [-0.4, -0.2) is 30.3 Å². The Morgan fingerprint density at radius 1 is 1.16 bits per heavy atom. The first-order valence-electron chi connectivity index (χ1n) is 7.58. The number of benzene rings is 2. The fourth-order valence-corrected chi connectivity index (χ4v) is 2.43. The summed E-state index contributed by atoms with van der Waals surface area (Å²) in [6.45, 7) is -0.156. The second-order valence-corrected chi connectivity index (χ2v) is 5.98. The molecule has 0 aromatic heterocycles. The van der Waals surface area contributed by atoms with Gasteiger partial charge in [-0.25, -0.2) is 8.78 Å². The van der Waals surface area contributed by atoms with Crippen molar-refractivity contribution in [3.63, 3.8) is 0 Å². The van der Waals surface area contributed by atoms with E-state index in [4.69, 9.17) is 11.6 Å². The molecule has 0 heterocycles. The van der Waals surface area contributed by atoms with Crippen molar-refractivity contribution in [3.05, 3.63) is 64.7 Å². The monoisotopic (exact) mass is 366 g/mol. The van der Waals surface area contributed by atoms with Crippen molar-refractivity contribution in [1.82, 2.24) is 4.90 Å². The summed E-state index contributed by atoms with van der Waals surface area (Å²) in [5.74, 6) is -1.84. The first-order valence-corrected chi connectivity index (χ1v) is 7.96. The fraction of sp³-hybridized carbons (Fsp3) is 0.222. The summed E-state index contributed by atoms with van der Waals surface area (Å²) < 4.78 is 26.7. The molecule has 0 spiro atoms. The van der Waals surface area contributed by atoms with Gasteiger partial charge in [0.15, 0.2) is 0 Å². The first-order chi connectivity index (χ1) is 11.8. The van der Waals surface area contributed by atoms with Crippen molar-refractivity contribution in [2.45, 2.75) is 12.8 Å². The Hall–Kier alpha value is -2.47. The SMILES string of the molecule is CN(CC(=O)Nc1cccc(Cl)c1)C(=O)CCc1cc(F)ccc1F. The number of nitrogens with zero attached hydrogens (tertiary/aromatic N) is 1. The number of aryl methyl sites for hydroxylation is 1. The highest BCUT2D eigenvalue weighted by atomic mass is 35.5. The van der Waals surface area contributed by atoms with Gasteiger partial charge in [0, 0.05) is 24.2 Å². The standard InChI is InChI=1S/C18H17ClF2N2O2/c1-23(11-17(24)22-15-4-2-3-13(19)10-15)18(25)8-5-12-9-14(20)6-7-16(12)21/h2-4,6-7,9-10H,5,8,11H2,1H3,(H,22,24). The van der Waals surface area contributed by atoms with Crippen molar-refractivity contribution < 1.29 is 18.4 Å². The average Bonchev–Trinajstić information content (AvgIpc) is 2.55. The molecule has 0 saturated carbocycles. The van der Waals surface area contributed by atoms with E-state index in [1.54, 1.807) is 24.3 Å². The maximum Gasteiger partial charge on any atom is 0.243 e. The Morgan fingerprint density at radius 3 is 2.64 bits per heavy atom. The number of amides is 2. The summed E-state index contributed by atoms with van der Waals surface area (Å²) in [5.41, 5.74) is 0.658. The number of rotatable bonds is 6. The molecule has 0 fully saturated rings. The van der Waals surface area contributed by atoms with Crippen LogP contribution in [0.2, 0.25) is 5.02 Å². The van der Waals surface area contributed by atoms with Gasteiger partial charge in [0.25, 0.3) is 0 Å². The van der Waals surface area contributed by atoms with E-state index in [1.165, 1.54) is 11.9 Å². The predicted molar refractivity (Wildman–Crippen MR) is 92.4 cm³/mol. The maximum absolute atomic E-state index is 13.5. The van der Waals surface area contributed by atoms with Crippen LogP contribution >= 0.6 is 11.6 Å². The van der Waals surface area contributed by atoms with Crippen LogP contribution in [0.5, 0.6) is 0 Å². The molecule has 0 atom stereocenters. The highest BCUT2D eigenvalue weighted by molar-refractivity contribution is 6.30. The Labute approximate surface area is 149 Å². The molecule has 0 bridgehead atoms. The van der Waals surface area contributed by atoms with Gasteiger partial charge in [0.2, 0.25) is 11.8 Å². The van der Waals surface area contributed by atoms with Crippen LogP contribution in [-0.2, 0) is 16.0 Å². The second-order valence-electron chi connectivity index (χ2n) is 5.54. The van der Waals surface area contributed by atoms with E-state index in [0.717, 1.165) is 18.2 Å². The van der Waals surface area contributed by atoms with E-state index in [0.29, 0.717) is 10.7 Å². The smallest absolute Gasteiger partial charge is 0.243 e. The molecule has 2 aromatic carbocycles. The Kier molecular flexibility index (Phi) is 6.47. The summed E-state index contributed by atoms with van der Waals surface area (Å²) in [4.78, 5) is 25.3. The molecule has 0 aliphatic carbocycles. The van der Waals surface area contributed by atoms with Crippen LogP contribution in [0.4, 0.5) is 14.5 Å². The lowest BCUT2D eigenvalue weighted by Gasteiger charge is -2.17. The van der Waals surface area contributed by atoms with Crippen molar-refractivity contribution >= 4 is 29.1 Å². The number of anilines is 1. The molecule has 0 saturated heterocycles. The molecule has 2 amide bonds. The molecule has 2 aromatic rings.